The minimum Gasteiger partial charge on any atom is -0.352 e. The average molecular weight is 385 g/mol. The lowest BCUT2D eigenvalue weighted by Crippen LogP contribution is -2.29. The van der Waals surface area contributed by atoms with Gasteiger partial charge in [0, 0.05) is 23.0 Å². The van der Waals surface area contributed by atoms with Crippen molar-refractivity contribution in [3.05, 3.63) is 40.7 Å². The zero-order chi connectivity index (χ0) is 19.2. The Morgan fingerprint density at radius 3 is 2.63 bits per heavy atom. The van der Waals surface area contributed by atoms with E-state index in [1.807, 2.05) is 28.9 Å². The van der Waals surface area contributed by atoms with Gasteiger partial charge in [0.25, 0.3) is 0 Å². The van der Waals surface area contributed by atoms with Gasteiger partial charge >= 0.3 is 0 Å². The smallest absolute Gasteiger partial charge is 0.184 e. The fraction of sp³-hybridized carbons (Fsp3) is 0.500. The first-order chi connectivity index (χ1) is 12.8. The van der Waals surface area contributed by atoms with Crippen LogP contribution in [0, 0.1) is 0 Å². The standard InChI is InChI=1S/C20H25ClN6/c1-13-8-7-11-26(13)17-16-18(23-19(22-17)20(2,3)4)27(25-24-16)12-14-9-5-6-10-15(14)21/h5-6,9-10,13H,7-8,11-12H2,1-4H3/t13-/m0/s1. The Kier molecular flexibility index (Phi) is 4.54. The molecule has 0 amide bonds. The van der Waals surface area contributed by atoms with Crippen molar-refractivity contribution in [2.75, 3.05) is 11.4 Å². The summed E-state index contributed by atoms with van der Waals surface area (Å²) in [7, 11) is 0. The van der Waals surface area contributed by atoms with Gasteiger partial charge in [-0.1, -0.05) is 55.8 Å². The Hall–Kier alpha value is -2.21. The Morgan fingerprint density at radius 2 is 1.96 bits per heavy atom. The van der Waals surface area contributed by atoms with Crippen LogP contribution in [-0.2, 0) is 12.0 Å². The van der Waals surface area contributed by atoms with E-state index in [1.54, 1.807) is 0 Å². The number of halogens is 1. The van der Waals surface area contributed by atoms with Gasteiger partial charge in [0.1, 0.15) is 5.82 Å². The zero-order valence-electron chi connectivity index (χ0n) is 16.3. The molecule has 0 aliphatic carbocycles. The van der Waals surface area contributed by atoms with E-state index in [4.69, 9.17) is 21.6 Å². The molecule has 1 aliphatic heterocycles. The third-order valence-corrected chi connectivity index (χ3v) is 5.49. The maximum atomic E-state index is 6.35. The molecule has 4 rings (SSSR count). The highest BCUT2D eigenvalue weighted by Gasteiger charge is 2.29. The summed E-state index contributed by atoms with van der Waals surface area (Å²) in [5, 5.41) is 9.56. The van der Waals surface area contributed by atoms with E-state index in [0.717, 1.165) is 39.9 Å². The molecule has 3 heterocycles. The Bertz CT molecular complexity index is 974. The molecule has 0 radical (unpaired) electrons. The Balaban J connectivity index is 1.86. The number of hydrogen-bond donors (Lipinski definition) is 0. The van der Waals surface area contributed by atoms with Gasteiger partial charge < -0.3 is 4.90 Å². The summed E-state index contributed by atoms with van der Waals surface area (Å²) in [6.45, 7) is 10.2. The molecule has 2 aromatic heterocycles. The minimum absolute atomic E-state index is 0.161. The van der Waals surface area contributed by atoms with E-state index in [9.17, 15) is 0 Å². The summed E-state index contributed by atoms with van der Waals surface area (Å²) in [5.74, 6) is 1.71. The minimum atomic E-state index is -0.161. The molecule has 27 heavy (non-hydrogen) atoms. The van der Waals surface area contributed by atoms with E-state index in [0.29, 0.717) is 12.6 Å². The molecule has 0 unspecified atom stereocenters. The first-order valence-corrected chi connectivity index (χ1v) is 9.84. The molecular formula is C20H25ClN6. The number of fused-ring (bicyclic) bond motifs is 1. The number of hydrogen-bond acceptors (Lipinski definition) is 5. The third kappa shape index (κ3) is 3.38. The maximum absolute atomic E-state index is 6.35. The molecule has 0 bridgehead atoms. The normalized spacial score (nSPS) is 17.8. The lowest BCUT2D eigenvalue weighted by atomic mass is 9.95. The van der Waals surface area contributed by atoms with E-state index in [-0.39, 0.29) is 5.41 Å². The molecule has 6 nitrogen and oxygen atoms in total. The Morgan fingerprint density at radius 1 is 1.19 bits per heavy atom. The van der Waals surface area contributed by atoms with Crippen molar-refractivity contribution in [1.82, 2.24) is 25.0 Å². The molecule has 7 heteroatoms. The van der Waals surface area contributed by atoms with Gasteiger partial charge in [0.05, 0.1) is 6.54 Å². The van der Waals surface area contributed by atoms with Crippen LogP contribution in [0.15, 0.2) is 24.3 Å². The number of benzene rings is 1. The lowest BCUT2D eigenvalue weighted by molar-refractivity contribution is 0.544. The second kappa shape index (κ2) is 6.75. The van der Waals surface area contributed by atoms with Crippen molar-refractivity contribution < 1.29 is 0 Å². The van der Waals surface area contributed by atoms with Gasteiger partial charge in [-0.2, -0.15) is 0 Å². The Labute approximate surface area is 164 Å². The lowest BCUT2D eigenvalue weighted by Gasteiger charge is -2.25. The van der Waals surface area contributed by atoms with Gasteiger partial charge in [-0.25, -0.2) is 14.6 Å². The van der Waals surface area contributed by atoms with Crippen LogP contribution in [0.2, 0.25) is 5.02 Å². The van der Waals surface area contributed by atoms with Crippen LogP contribution >= 0.6 is 11.6 Å². The molecule has 3 aromatic rings. The fourth-order valence-electron chi connectivity index (χ4n) is 3.52. The summed E-state index contributed by atoms with van der Waals surface area (Å²) < 4.78 is 1.83. The summed E-state index contributed by atoms with van der Waals surface area (Å²) in [6, 6.07) is 8.25. The van der Waals surface area contributed by atoms with Crippen molar-refractivity contribution in [3.8, 4) is 0 Å². The van der Waals surface area contributed by atoms with E-state index in [2.05, 4.69) is 42.9 Å². The van der Waals surface area contributed by atoms with Crippen molar-refractivity contribution in [3.63, 3.8) is 0 Å². The third-order valence-electron chi connectivity index (χ3n) is 5.12. The van der Waals surface area contributed by atoms with Gasteiger partial charge in [-0.3, -0.25) is 0 Å². The van der Waals surface area contributed by atoms with Gasteiger partial charge in [0.2, 0.25) is 0 Å². The molecule has 0 spiro atoms. The highest BCUT2D eigenvalue weighted by Crippen LogP contribution is 2.31. The SMILES string of the molecule is C[C@H]1CCCN1c1nc(C(C)(C)C)nc2c1nnn2Cc1ccccc1Cl. The number of aromatic nitrogens is 5. The summed E-state index contributed by atoms with van der Waals surface area (Å²) in [4.78, 5) is 12.1. The van der Waals surface area contributed by atoms with Crippen LogP contribution in [0.3, 0.4) is 0 Å². The highest BCUT2D eigenvalue weighted by molar-refractivity contribution is 6.31. The number of anilines is 1. The average Bonchev–Trinajstić information content (AvgIpc) is 3.22. The number of nitrogens with zero attached hydrogens (tertiary/aromatic N) is 6. The first-order valence-electron chi connectivity index (χ1n) is 9.46. The monoisotopic (exact) mass is 384 g/mol. The van der Waals surface area contributed by atoms with E-state index >= 15 is 0 Å². The molecule has 142 valence electrons. The molecule has 0 N–H and O–H groups in total. The van der Waals surface area contributed by atoms with E-state index in [1.165, 1.54) is 12.8 Å². The molecule has 1 atom stereocenters. The fourth-order valence-corrected chi connectivity index (χ4v) is 3.72. The molecule has 1 saturated heterocycles. The molecule has 1 fully saturated rings. The second-order valence-electron chi connectivity index (χ2n) is 8.32. The summed E-state index contributed by atoms with van der Waals surface area (Å²) >= 11 is 6.35. The van der Waals surface area contributed by atoms with Gasteiger partial charge in [-0.15, -0.1) is 5.10 Å². The summed E-state index contributed by atoms with van der Waals surface area (Å²) in [5.41, 5.74) is 2.37. The predicted octanol–water partition coefficient (Wildman–Crippen LogP) is 4.21. The van der Waals surface area contributed by atoms with Crippen LogP contribution in [0.25, 0.3) is 11.2 Å². The van der Waals surface area contributed by atoms with E-state index < -0.39 is 0 Å². The van der Waals surface area contributed by atoms with Gasteiger partial charge in [0.15, 0.2) is 17.0 Å². The summed E-state index contributed by atoms with van der Waals surface area (Å²) in [6.07, 6.45) is 2.34. The van der Waals surface area contributed by atoms with Crippen molar-refractivity contribution in [2.45, 2.75) is 58.5 Å². The molecule has 1 aliphatic rings. The molecule has 1 aromatic carbocycles. The van der Waals surface area contributed by atoms with Crippen LogP contribution in [-0.4, -0.2) is 37.5 Å². The first kappa shape index (κ1) is 18.2. The maximum Gasteiger partial charge on any atom is 0.184 e. The van der Waals surface area contributed by atoms with Crippen molar-refractivity contribution in [1.29, 1.82) is 0 Å². The molecule has 0 saturated carbocycles. The largest absolute Gasteiger partial charge is 0.352 e. The zero-order valence-corrected chi connectivity index (χ0v) is 17.0. The highest BCUT2D eigenvalue weighted by atomic mass is 35.5. The van der Waals surface area contributed by atoms with Crippen LogP contribution in [0.4, 0.5) is 5.82 Å². The second-order valence-corrected chi connectivity index (χ2v) is 8.72. The van der Waals surface area contributed by atoms with Crippen LogP contribution in [0.5, 0.6) is 0 Å². The topological polar surface area (TPSA) is 59.7 Å². The molecular weight excluding hydrogens is 360 g/mol. The predicted molar refractivity (Wildman–Crippen MR) is 108 cm³/mol. The van der Waals surface area contributed by atoms with Crippen molar-refractivity contribution >= 4 is 28.6 Å². The van der Waals surface area contributed by atoms with Gasteiger partial charge in [-0.05, 0) is 31.4 Å². The quantitative estimate of drug-likeness (QED) is 0.677. The van der Waals surface area contributed by atoms with Crippen LogP contribution in [0.1, 0.15) is 51.9 Å². The van der Waals surface area contributed by atoms with Crippen LogP contribution < -0.4 is 4.90 Å². The number of rotatable bonds is 3. The van der Waals surface area contributed by atoms with Crippen molar-refractivity contribution in [2.24, 2.45) is 0 Å².